The van der Waals surface area contributed by atoms with Crippen molar-refractivity contribution >= 4 is 0 Å². The summed E-state index contributed by atoms with van der Waals surface area (Å²) in [4.78, 5) is 0. The van der Waals surface area contributed by atoms with Crippen LogP contribution >= 0.6 is 0 Å². The van der Waals surface area contributed by atoms with Crippen LogP contribution in [0.2, 0.25) is 0 Å². The summed E-state index contributed by atoms with van der Waals surface area (Å²) < 4.78 is 5.13. The quantitative estimate of drug-likeness (QED) is 0.691. The van der Waals surface area contributed by atoms with Gasteiger partial charge in [0.15, 0.2) is 0 Å². The lowest BCUT2D eigenvalue weighted by molar-refractivity contribution is 0.339. The van der Waals surface area contributed by atoms with Crippen LogP contribution in [0.15, 0.2) is 24.3 Å². The van der Waals surface area contributed by atoms with E-state index >= 15 is 0 Å². The van der Waals surface area contributed by atoms with Crippen LogP contribution in [0.1, 0.15) is 39.2 Å². The molecule has 0 aromatic heterocycles. The molecule has 0 spiro atoms. The van der Waals surface area contributed by atoms with Gasteiger partial charge in [-0.1, -0.05) is 39.8 Å². The molecule has 1 aromatic carbocycles. The summed E-state index contributed by atoms with van der Waals surface area (Å²) in [7, 11) is 1.70. The second kappa shape index (κ2) is 4.04. The van der Waals surface area contributed by atoms with E-state index in [0.717, 1.165) is 5.75 Å². The molecule has 0 unspecified atom stereocenters. The third-order valence-corrected chi connectivity index (χ3v) is 2.91. The van der Waals surface area contributed by atoms with E-state index in [0.29, 0.717) is 11.3 Å². The zero-order valence-electron chi connectivity index (χ0n) is 9.79. The monoisotopic (exact) mass is 192 g/mol. The molecule has 0 aliphatic carbocycles. The molecule has 0 radical (unpaired) electrons. The van der Waals surface area contributed by atoms with Crippen LogP contribution in [0.4, 0.5) is 0 Å². The van der Waals surface area contributed by atoms with Gasteiger partial charge in [-0.3, -0.25) is 0 Å². The van der Waals surface area contributed by atoms with Crippen molar-refractivity contribution in [3.8, 4) is 5.75 Å². The van der Waals surface area contributed by atoms with Gasteiger partial charge in [-0.15, -0.1) is 0 Å². The lowest BCUT2D eigenvalue weighted by Crippen LogP contribution is -2.15. The average Bonchev–Trinajstić information content (AvgIpc) is 2.15. The van der Waals surface area contributed by atoms with Crippen molar-refractivity contribution < 1.29 is 4.74 Å². The van der Waals surface area contributed by atoms with Gasteiger partial charge in [0, 0.05) is 0 Å². The van der Waals surface area contributed by atoms with Crippen LogP contribution in [0, 0.1) is 5.41 Å². The van der Waals surface area contributed by atoms with Crippen LogP contribution in [-0.4, -0.2) is 7.11 Å². The van der Waals surface area contributed by atoms with Gasteiger partial charge in [0.25, 0.3) is 0 Å². The van der Waals surface area contributed by atoms with E-state index in [1.165, 1.54) is 5.56 Å². The van der Waals surface area contributed by atoms with Crippen molar-refractivity contribution in [2.24, 2.45) is 5.41 Å². The first-order valence-corrected chi connectivity index (χ1v) is 5.09. The van der Waals surface area contributed by atoms with Gasteiger partial charge in [-0.05, 0) is 29.0 Å². The van der Waals surface area contributed by atoms with Crippen molar-refractivity contribution in [3.63, 3.8) is 0 Å². The Balaban J connectivity index is 2.87. The van der Waals surface area contributed by atoms with Crippen LogP contribution in [-0.2, 0) is 0 Å². The molecular weight excluding hydrogens is 172 g/mol. The zero-order chi connectivity index (χ0) is 10.8. The van der Waals surface area contributed by atoms with E-state index in [1.807, 2.05) is 12.1 Å². The van der Waals surface area contributed by atoms with Crippen LogP contribution < -0.4 is 4.74 Å². The molecule has 1 atom stereocenters. The van der Waals surface area contributed by atoms with Crippen molar-refractivity contribution in [1.29, 1.82) is 0 Å². The average molecular weight is 192 g/mol. The largest absolute Gasteiger partial charge is 0.497 e. The Labute approximate surface area is 87.1 Å². The fourth-order valence-corrected chi connectivity index (χ4v) is 1.39. The standard InChI is InChI=1S/C13H20O/c1-10(13(2,3)4)11-6-8-12(14-5)9-7-11/h6-10H,1-5H3/t10-/m1/s1. The Kier molecular flexibility index (Phi) is 3.20. The third kappa shape index (κ3) is 2.50. The van der Waals surface area contributed by atoms with E-state index in [9.17, 15) is 0 Å². The molecule has 1 aromatic rings. The second-order valence-electron chi connectivity index (χ2n) is 4.86. The fraction of sp³-hybridized carbons (Fsp3) is 0.538. The first kappa shape index (κ1) is 11.1. The van der Waals surface area contributed by atoms with Crippen LogP contribution in [0.25, 0.3) is 0 Å². The van der Waals surface area contributed by atoms with E-state index in [4.69, 9.17) is 4.74 Å². The van der Waals surface area contributed by atoms with Gasteiger partial charge in [-0.25, -0.2) is 0 Å². The molecule has 1 heteroatoms. The maximum Gasteiger partial charge on any atom is 0.118 e. The summed E-state index contributed by atoms with van der Waals surface area (Å²) in [6.45, 7) is 9.06. The zero-order valence-corrected chi connectivity index (χ0v) is 9.79. The minimum absolute atomic E-state index is 0.314. The van der Waals surface area contributed by atoms with Crippen molar-refractivity contribution in [2.75, 3.05) is 7.11 Å². The lowest BCUT2D eigenvalue weighted by atomic mass is 9.78. The maximum atomic E-state index is 5.13. The smallest absolute Gasteiger partial charge is 0.118 e. The molecule has 0 aliphatic heterocycles. The molecule has 0 aliphatic rings. The van der Waals surface area contributed by atoms with Crippen LogP contribution in [0.5, 0.6) is 5.75 Å². The van der Waals surface area contributed by atoms with E-state index in [2.05, 4.69) is 39.8 Å². The van der Waals surface area contributed by atoms with Gasteiger partial charge in [0.1, 0.15) is 5.75 Å². The highest BCUT2D eigenvalue weighted by Gasteiger charge is 2.21. The summed E-state index contributed by atoms with van der Waals surface area (Å²) in [5, 5.41) is 0. The van der Waals surface area contributed by atoms with E-state index in [-0.39, 0.29) is 0 Å². The molecule has 14 heavy (non-hydrogen) atoms. The third-order valence-electron chi connectivity index (χ3n) is 2.91. The summed E-state index contributed by atoms with van der Waals surface area (Å²) in [5.41, 5.74) is 1.69. The minimum atomic E-state index is 0.314. The predicted molar refractivity (Wildman–Crippen MR) is 60.9 cm³/mol. The number of hydrogen-bond donors (Lipinski definition) is 0. The number of methoxy groups -OCH3 is 1. The Hall–Kier alpha value is -0.980. The molecule has 0 saturated carbocycles. The molecule has 0 heterocycles. The van der Waals surface area contributed by atoms with Gasteiger partial charge in [-0.2, -0.15) is 0 Å². The predicted octanol–water partition coefficient (Wildman–Crippen LogP) is 3.84. The first-order chi connectivity index (χ1) is 6.45. The topological polar surface area (TPSA) is 9.23 Å². The normalized spacial score (nSPS) is 13.8. The van der Waals surface area contributed by atoms with Gasteiger partial charge in [0.2, 0.25) is 0 Å². The van der Waals surface area contributed by atoms with E-state index in [1.54, 1.807) is 7.11 Å². The molecule has 0 fully saturated rings. The molecule has 1 nitrogen and oxygen atoms in total. The van der Waals surface area contributed by atoms with Crippen molar-refractivity contribution in [1.82, 2.24) is 0 Å². The molecule has 0 N–H and O–H groups in total. The highest BCUT2D eigenvalue weighted by atomic mass is 16.5. The first-order valence-electron chi connectivity index (χ1n) is 5.09. The number of ether oxygens (including phenoxy) is 1. The number of benzene rings is 1. The summed E-state index contributed by atoms with van der Waals surface area (Å²) in [6.07, 6.45) is 0. The SMILES string of the molecule is COc1ccc([C@@H](C)C(C)(C)C)cc1. The highest BCUT2D eigenvalue weighted by Crippen LogP contribution is 2.34. The Bertz CT molecular complexity index is 279. The summed E-state index contributed by atoms with van der Waals surface area (Å²) >= 11 is 0. The molecule has 0 amide bonds. The Morgan fingerprint density at radius 2 is 1.57 bits per heavy atom. The molecule has 78 valence electrons. The van der Waals surface area contributed by atoms with Gasteiger partial charge in [0.05, 0.1) is 7.11 Å². The molecular formula is C13H20O. The molecule has 0 bridgehead atoms. The lowest BCUT2D eigenvalue weighted by Gasteiger charge is -2.27. The van der Waals surface area contributed by atoms with Gasteiger partial charge >= 0.3 is 0 Å². The van der Waals surface area contributed by atoms with Gasteiger partial charge < -0.3 is 4.74 Å². The van der Waals surface area contributed by atoms with Crippen LogP contribution in [0.3, 0.4) is 0 Å². The highest BCUT2D eigenvalue weighted by molar-refractivity contribution is 5.29. The molecule has 1 rings (SSSR count). The molecule has 0 saturated heterocycles. The fourth-order valence-electron chi connectivity index (χ4n) is 1.39. The Morgan fingerprint density at radius 1 is 1.07 bits per heavy atom. The Morgan fingerprint density at radius 3 is 1.93 bits per heavy atom. The number of rotatable bonds is 2. The minimum Gasteiger partial charge on any atom is -0.497 e. The summed E-state index contributed by atoms with van der Waals surface area (Å²) in [6, 6.07) is 8.35. The second-order valence-corrected chi connectivity index (χ2v) is 4.86. The number of hydrogen-bond acceptors (Lipinski definition) is 1. The van der Waals surface area contributed by atoms with Crippen molar-refractivity contribution in [2.45, 2.75) is 33.6 Å². The van der Waals surface area contributed by atoms with E-state index < -0.39 is 0 Å². The van der Waals surface area contributed by atoms with Crippen molar-refractivity contribution in [3.05, 3.63) is 29.8 Å². The summed E-state index contributed by atoms with van der Waals surface area (Å²) in [5.74, 6) is 1.49. The maximum absolute atomic E-state index is 5.13.